The first-order chi connectivity index (χ1) is 9.74. The van der Waals surface area contributed by atoms with Crippen LogP contribution in [0.25, 0.3) is 0 Å². The molecular weight excluding hydrogens is 246 g/mol. The number of likely N-dealkylation sites (N-methyl/N-ethyl adjacent to an activating group) is 1. The molecule has 0 saturated carbocycles. The molecule has 1 aromatic rings. The van der Waals surface area contributed by atoms with Gasteiger partial charge in [0.15, 0.2) is 0 Å². The average molecular weight is 273 g/mol. The van der Waals surface area contributed by atoms with Crippen LogP contribution in [0.15, 0.2) is 24.3 Å². The Morgan fingerprint density at radius 1 is 1.10 bits per heavy atom. The van der Waals surface area contributed by atoms with E-state index in [0.29, 0.717) is 24.7 Å². The van der Waals surface area contributed by atoms with Gasteiger partial charge in [-0.25, -0.2) is 0 Å². The summed E-state index contributed by atoms with van der Waals surface area (Å²) in [5.41, 5.74) is 8.99. The standard InChI is InChI=1S/C17H27N3/c1-13-17(20-10-6-3-7-11-20)15-9-5-4-8-14(15)16(12-18)19(13)2/h4-5,8-9,13,16-17H,3,6-7,10-12,18H2,1-2H3. The van der Waals surface area contributed by atoms with Crippen LogP contribution in [0, 0.1) is 0 Å². The first kappa shape index (κ1) is 14.1. The normalized spacial score (nSPS) is 32.0. The van der Waals surface area contributed by atoms with Gasteiger partial charge in [0.2, 0.25) is 0 Å². The van der Waals surface area contributed by atoms with E-state index in [1.54, 1.807) is 0 Å². The first-order valence-electron chi connectivity index (χ1n) is 7.99. The molecule has 2 aliphatic heterocycles. The smallest absolute Gasteiger partial charge is 0.0504 e. The molecule has 3 nitrogen and oxygen atoms in total. The van der Waals surface area contributed by atoms with Crippen molar-refractivity contribution in [2.45, 2.75) is 44.3 Å². The second kappa shape index (κ2) is 5.84. The van der Waals surface area contributed by atoms with Crippen LogP contribution >= 0.6 is 0 Å². The number of piperidine rings is 1. The van der Waals surface area contributed by atoms with Gasteiger partial charge in [0.05, 0.1) is 6.04 Å². The third kappa shape index (κ3) is 2.28. The molecule has 3 atom stereocenters. The molecule has 1 aromatic carbocycles. The van der Waals surface area contributed by atoms with E-state index in [2.05, 4.69) is 48.0 Å². The number of fused-ring (bicyclic) bond motifs is 1. The fraction of sp³-hybridized carbons (Fsp3) is 0.647. The Hall–Kier alpha value is -0.900. The Morgan fingerprint density at radius 2 is 1.75 bits per heavy atom. The quantitative estimate of drug-likeness (QED) is 0.899. The van der Waals surface area contributed by atoms with E-state index in [-0.39, 0.29) is 0 Å². The molecule has 2 aliphatic rings. The van der Waals surface area contributed by atoms with E-state index < -0.39 is 0 Å². The summed E-state index contributed by atoms with van der Waals surface area (Å²) in [6.07, 6.45) is 4.07. The number of nitrogens with zero attached hydrogens (tertiary/aromatic N) is 2. The number of likely N-dealkylation sites (tertiary alicyclic amines) is 1. The molecule has 0 amide bonds. The van der Waals surface area contributed by atoms with Crippen LogP contribution in [-0.2, 0) is 0 Å². The Balaban J connectivity index is 2.00. The zero-order valence-electron chi connectivity index (χ0n) is 12.8. The summed E-state index contributed by atoms with van der Waals surface area (Å²) >= 11 is 0. The summed E-state index contributed by atoms with van der Waals surface area (Å²) in [7, 11) is 2.23. The fourth-order valence-electron chi connectivity index (χ4n) is 4.06. The molecule has 2 N–H and O–H groups in total. The molecule has 0 radical (unpaired) electrons. The second-order valence-corrected chi connectivity index (χ2v) is 6.33. The Bertz CT molecular complexity index is 453. The molecule has 3 rings (SSSR count). The summed E-state index contributed by atoms with van der Waals surface area (Å²) in [4.78, 5) is 5.16. The Labute approximate surface area is 122 Å². The van der Waals surface area contributed by atoms with E-state index in [0.717, 1.165) is 0 Å². The lowest BCUT2D eigenvalue weighted by Crippen LogP contribution is -2.51. The molecule has 2 heterocycles. The van der Waals surface area contributed by atoms with Gasteiger partial charge in [0.1, 0.15) is 0 Å². The highest BCUT2D eigenvalue weighted by atomic mass is 15.3. The van der Waals surface area contributed by atoms with Gasteiger partial charge in [0, 0.05) is 18.6 Å². The lowest BCUT2D eigenvalue weighted by molar-refractivity contribution is 0.0484. The van der Waals surface area contributed by atoms with Crippen molar-refractivity contribution < 1.29 is 0 Å². The van der Waals surface area contributed by atoms with Crippen LogP contribution in [0.2, 0.25) is 0 Å². The number of hydrogen-bond donors (Lipinski definition) is 1. The van der Waals surface area contributed by atoms with Crippen molar-refractivity contribution in [2.75, 3.05) is 26.7 Å². The van der Waals surface area contributed by atoms with Crippen molar-refractivity contribution >= 4 is 0 Å². The number of benzene rings is 1. The zero-order chi connectivity index (χ0) is 14.1. The minimum atomic E-state index is 0.363. The molecule has 3 heteroatoms. The predicted octanol–water partition coefficient (Wildman–Crippen LogP) is 2.55. The van der Waals surface area contributed by atoms with Gasteiger partial charge in [-0.2, -0.15) is 0 Å². The van der Waals surface area contributed by atoms with E-state index >= 15 is 0 Å². The van der Waals surface area contributed by atoms with E-state index in [1.165, 1.54) is 43.5 Å². The van der Waals surface area contributed by atoms with Gasteiger partial charge in [-0.3, -0.25) is 9.80 Å². The van der Waals surface area contributed by atoms with Crippen LogP contribution in [0.3, 0.4) is 0 Å². The highest BCUT2D eigenvalue weighted by Crippen LogP contribution is 2.41. The lowest BCUT2D eigenvalue weighted by atomic mass is 9.83. The summed E-state index contributed by atoms with van der Waals surface area (Å²) < 4.78 is 0. The van der Waals surface area contributed by atoms with Gasteiger partial charge < -0.3 is 5.73 Å². The maximum absolute atomic E-state index is 6.04. The molecule has 0 bridgehead atoms. The third-order valence-corrected chi connectivity index (χ3v) is 5.27. The van der Waals surface area contributed by atoms with Gasteiger partial charge in [-0.15, -0.1) is 0 Å². The third-order valence-electron chi connectivity index (χ3n) is 5.27. The van der Waals surface area contributed by atoms with Gasteiger partial charge in [-0.05, 0) is 51.0 Å². The molecule has 0 spiro atoms. The molecular formula is C17H27N3. The SMILES string of the molecule is CC1C(N2CCCCC2)c2ccccc2C(CN)N1C. The van der Waals surface area contributed by atoms with Crippen molar-refractivity contribution in [3.05, 3.63) is 35.4 Å². The van der Waals surface area contributed by atoms with Crippen molar-refractivity contribution in [3.63, 3.8) is 0 Å². The van der Waals surface area contributed by atoms with Crippen LogP contribution < -0.4 is 5.73 Å². The van der Waals surface area contributed by atoms with Gasteiger partial charge in [-0.1, -0.05) is 30.7 Å². The maximum Gasteiger partial charge on any atom is 0.0504 e. The first-order valence-corrected chi connectivity index (χ1v) is 7.99. The van der Waals surface area contributed by atoms with Crippen molar-refractivity contribution in [1.29, 1.82) is 0 Å². The largest absolute Gasteiger partial charge is 0.329 e. The maximum atomic E-state index is 6.04. The predicted molar refractivity (Wildman–Crippen MR) is 83.6 cm³/mol. The fourth-order valence-corrected chi connectivity index (χ4v) is 4.06. The molecule has 0 aliphatic carbocycles. The molecule has 1 fully saturated rings. The molecule has 20 heavy (non-hydrogen) atoms. The highest BCUT2D eigenvalue weighted by Gasteiger charge is 2.38. The minimum Gasteiger partial charge on any atom is -0.329 e. The number of hydrogen-bond acceptors (Lipinski definition) is 3. The summed E-state index contributed by atoms with van der Waals surface area (Å²) in [6.45, 7) is 5.54. The van der Waals surface area contributed by atoms with Crippen molar-refractivity contribution in [2.24, 2.45) is 5.73 Å². The summed E-state index contributed by atoms with van der Waals surface area (Å²) in [6, 6.07) is 10.3. The minimum absolute atomic E-state index is 0.363. The van der Waals surface area contributed by atoms with E-state index in [4.69, 9.17) is 5.73 Å². The number of nitrogens with two attached hydrogens (primary N) is 1. The monoisotopic (exact) mass is 273 g/mol. The second-order valence-electron chi connectivity index (χ2n) is 6.33. The Kier molecular flexibility index (Phi) is 4.11. The topological polar surface area (TPSA) is 32.5 Å². The molecule has 1 saturated heterocycles. The van der Waals surface area contributed by atoms with Gasteiger partial charge in [0.25, 0.3) is 0 Å². The molecule has 3 unspecified atom stereocenters. The van der Waals surface area contributed by atoms with Crippen LogP contribution in [-0.4, -0.2) is 42.5 Å². The molecule has 0 aromatic heterocycles. The highest BCUT2D eigenvalue weighted by molar-refractivity contribution is 5.36. The van der Waals surface area contributed by atoms with E-state index in [1.807, 2.05) is 0 Å². The molecule has 110 valence electrons. The summed E-state index contributed by atoms with van der Waals surface area (Å²) in [5.74, 6) is 0. The van der Waals surface area contributed by atoms with Crippen molar-refractivity contribution in [3.8, 4) is 0 Å². The van der Waals surface area contributed by atoms with Crippen molar-refractivity contribution in [1.82, 2.24) is 9.80 Å². The van der Waals surface area contributed by atoms with Gasteiger partial charge >= 0.3 is 0 Å². The van der Waals surface area contributed by atoms with Crippen LogP contribution in [0.1, 0.15) is 49.4 Å². The zero-order valence-corrected chi connectivity index (χ0v) is 12.8. The van der Waals surface area contributed by atoms with E-state index in [9.17, 15) is 0 Å². The van der Waals surface area contributed by atoms with Crippen LogP contribution in [0.4, 0.5) is 0 Å². The lowest BCUT2D eigenvalue weighted by Gasteiger charge is -2.49. The average Bonchev–Trinajstić information content (AvgIpc) is 2.50. The Morgan fingerprint density at radius 3 is 2.40 bits per heavy atom. The van der Waals surface area contributed by atoms with Crippen LogP contribution in [0.5, 0.6) is 0 Å². The summed E-state index contributed by atoms with van der Waals surface area (Å²) in [5, 5.41) is 0. The number of rotatable bonds is 2.